The molecule has 2 fully saturated rings. The van der Waals surface area contributed by atoms with E-state index in [0.29, 0.717) is 0 Å². The Bertz CT molecular complexity index is 617. The molecular weight excluding hydrogens is 280 g/mol. The summed E-state index contributed by atoms with van der Waals surface area (Å²) in [6.07, 6.45) is 5.35. The van der Waals surface area contributed by atoms with Crippen LogP contribution in [-0.2, 0) is 14.8 Å². The fourth-order valence-corrected chi connectivity index (χ4v) is 4.86. The molecule has 7 heteroatoms. The molecule has 108 valence electrons. The summed E-state index contributed by atoms with van der Waals surface area (Å²) in [7, 11) is -3.71. The number of sulfonamides is 1. The molecular formula is C13H16N2O4S. The molecule has 0 aromatic carbocycles. The van der Waals surface area contributed by atoms with Gasteiger partial charge in [-0.1, -0.05) is 0 Å². The number of hydrogen-bond donors (Lipinski definition) is 2. The second kappa shape index (κ2) is 4.82. The van der Waals surface area contributed by atoms with Crippen molar-refractivity contribution in [2.75, 3.05) is 0 Å². The van der Waals surface area contributed by atoms with E-state index >= 15 is 0 Å². The van der Waals surface area contributed by atoms with Crippen molar-refractivity contribution < 1.29 is 18.3 Å². The first-order valence-corrected chi connectivity index (χ1v) is 8.12. The van der Waals surface area contributed by atoms with Gasteiger partial charge in [0.25, 0.3) is 0 Å². The average Bonchev–Trinajstić information content (AvgIpc) is 3.00. The van der Waals surface area contributed by atoms with E-state index in [1.54, 1.807) is 6.07 Å². The highest BCUT2D eigenvalue weighted by molar-refractivity contribution is 7.89. The summed E-state index contributed by atoms with van der Waals surface area (Å²) in [6, 6.07) is 2.50. The number of nitrogens with one attached hydrogen (secondary N) is 1. The number of rotatable bonds is 4. The minimum absolute atomic E-state index is 0.0758. The maximum Gasteiger partial charge on any atom is 0.308 e. The van der Waals surface area contributed by atoms with Gasteiger partial charge in [0.15, 0.2) is 0 Å². The summed E-state index contributed by atoms with van der Waals surface area (Å²) < 4.78 is 27.2. The molecule has 1 aromatic rings. The van der Waals surface area contributed by atoms with E-state index in [1.165, 1.54) is 18.5 Å². The van der Waals surface area contributed by atoms with E-state index in [-0.39, 0.29) is 16.7 Å². The molecule has 2 saturated carbocycles. The SMILES string of the molecule is O=C(O)C1C2CCC(C2)C1NS(=O)(=O)c1cccnc1. The van der Waals surface area contributed by atoms with Crippen LogP contribution in [0.3, 0.4) is 0 Å². The van der Waals surface area contributed by atoms with Gasteiger partial charge in [-0.3, -0.25) is 9.78 Å². The Labute approximate surface area is 117 Å². The summed E-state index contributed by atoms with van der Waals surface area (Å²) in [6.45, 7) is 0. The largest absolute Gasteiger partial charge is 0.481 e. The molecule has 4 atom stereocenters. The molecule has 1 heterocycles. The standard InChI is InChI=1S/C13H16N2O4S/c16-13(17)11-8-3-4-9(6-8)12(11)15-20(18,19)10-2-1-5-14-7-10/h1-2,5,7-9,11-12,15H,3-4,6H2,(H,16,17). The van der Waals surface area contributed by atoms with Gasteiger partial charge in [0, 0.05) is 18.4 Å². The Kier molecular flexibility index (Phi) is 3.25. The van der Waals surface area contributed by atoms with Crippen LogP contribution in [0.15, 0.2) is 29.4 Å². The van der Waals surface area contributed by atoms with Crippen LogP contribution >= 0.6 is 0 Å². The van der Waals surface area contributed by atoms with Crippen molar-refractivity contribution in [2.45, 2.75) is 30.2 Å². The minimum atomic E-state index is -3.71. The summed E-state index contributed by atoms with van der Waals surface area (Å²) in [5.74, 6) is -1.29. The molecule has 3 rings (SSSR count). The van der Waals surface area contributed by atoms with Crippen molar-refractivity contribution in [3.05, 3.63) is 24.5 Å². The number of carbonyl (C=O) groups is 1. The summed E-state index contributed by atoms with van der Waals surface area (Å²) in [5, 5.41) is 9.33. The molecule has 0 saturated heterocycles. The van der Waals surface area contributed by atoms with Crippen LogP contribution in [0.4, 0.5) is 0 Å². The lowest BCUT2D eigenvalue weighted by Gasteiger charge is -2.28. The minimum Gasteiger partial charge on any atom is -0.481 e. The number of fused-ring (bicyclic) bond motifs is 2. The number of hydrogen-bond acceptors (Lipinski definition) is 4. The van der Waals surface area contributed by atoms with Crippen molar-refractivity contribution in [3.8, 4) is 0 Å². The predicted molar refractivity (Wildman–Crippen MR) is 70.3 cm³/mol. The highest BCUT2D eigenvalue weighted by atomic mass is 32.2. The smallest absolute Gasteiger partial charge is 0.308 e. The molecule has 0 radical (unpaired) electrons. The fourth-order valence-electron chi connectivity index (χ4n) is 3.57. The van der Waals surface area contributed by atoms with Crippen molar-refractivity contribution in [2.24, 2.45) is 17.8 Å². The highest BCUT2D eigenvalue weighted by Gasteiger charge is 2.52. The summed E-state index contributed by atoms with van der Waals surface area (Å²) >= 11 is 0. The van der Waals surface area contributed by atoms with Gasteiger partial charge in [0.1, 0.15) is 4.90 Å². The Morgan fingerprint density at radius 1 is 1.35 bits per heavy atom. The van der Waals surface area contributed by atoms with Crippen molar-refractivity contribution >= 4 is 16.0 Å². The molecule has 1 aromatic heterocycles. The van der Waals surface area contributed by atoms with Gasteiger partial charge >= 0.3 is 5.97 Å². The van der Waals surface area contributed by atoms with Gasteiger partial charge in [0.2, 0.25) is 10.0 Å². The van der Waals surface area contributed by atoms with Crippen LogP contribution in [-0.4, -0.2) is 30.5 Å². The van der Waals surface area contributed by atoms with Crippen LogP contribution in [0, 0.1) is 17.8 Å². The van der Waals surface area contributed by atoms with E-state index in [1.807, 2.05) is 0 Å². The molecule has 2 aliphatic carbocycles. The Balaban J connectivity index is 1.85. The number of aliphatic carboxylic acids is 1. The molecule has 4 unspecified atom stereocenters. The van der Waals surface area contributed by atoms with E-state index < -0.39 is 28.0 Å². The van der Waals surface area contributed by atoms with Crippen LogP contribution in [0.1, 0.15) is 19.3 Å². The third-order valence-corrected chi connectivity index (χ3v) is 5.88. The number of pyridine rings is 1. The monoisotopic (exact) mass is 296 g/mol. The van der Waals surface area contributed by atoms with E-state index in [0.717, 1.165) is 19.3 Å². The van der Waals surface area contributed by atoms with Gasteiger partial charge in [-0.05, 0) is 43.2 Å². The molecule has 2 N–H and O–H groups in total. The lowest BCUT2D eigenvalue weighted by atomic mass is 9.85. The van der Waals surface area contributed by atoms with Crippen LogP contribution < -0.4 is 4.72 Å². The van der Waals surface area contributed by atoms with Crippen molar-refractivity contribution in [1.82, 2.24) is 9.71 Å². The van der Waals surface area contributed by atoms with Gasteiger partial charge in [-0.2, -0.15) is 0 Å². The number of carboxylic acids is 1. The second-order valence-corrected chi connectivity index (χ2v) is 7.25. The van der Waals surface area contributed by atoms with Gasteiger partial charge < -0.3 is 5.11 Å². The third kappa shape index (κ3) is 2.20. The Hall–Kier alpha value is -1.47. The molecule has 0 amide bonds. The molecule has 20 heavy (non-hydrogen) atoms. The quantitative estimate of drug-likeness (QED) is 0.859. The average molecular weight is 296 g/mol. The maximum absolute atomic E-state index is 12.3. The number of aromatic nitrogens is 1. The summed E-state index contributed by atoms with van der Waals surface area (Å²) in [5.41, 5.74) is 0. The van der Waals surface area contributed by atoms with E-state index in [2.05, 4.69) is 9.71 Å². The first kappa shape index (κ1) is 13.5. The van der Waals surface area contributed by atoms with Gasteiger partial charge in [0.05, 0.1) is 5.92 Å². The van der Waals surface area contributed by atoms with E-state index in [9.17, 15) is 18.3 Å². The second-order valence-electron chi connectivity index (χ2n) is 5.53. The third-order valence-electron chi connectivity index (χ3n) is 4.44. The Morgan fingerprint density at radius 2 is 2.10 bits per heavy atom. The molecule has 6 nitrogen and oxygen atoms in total. The molecule has 0 spiro atoms. The molecule has 2 aliphatic rings. The van der Waals surface area contributed by atoms with Crippen LogP contribution in [0.2, 0.25) is 0 Å². The first-order chi connectivity index (χ1) is 9.49. The Morgan fingerprint density at radius 3 is 2.75 bits per heavy atom. The molecule has 0 aliphatic heterocycles. The van der Waals surface area contributed by atoms with Crippen molar-refractivity contribution in [3.63, 3.8) is 0 Å². The summed E-state index contributed by atoms with van der Waals surface area (Å²) in [4.78, 5) is 15.2. The van der Waals surface area contributed by atoms with Crippen LogP contribution in [0.25, 0.3) is 0 Å². The topological polar surface area (TPSA) is 96.4 Å². The predicted octanol–water partition coefficient (Wildman–Crippen LogP) is 0.859. The zero-order valence-corrected chi connectivity index (χ0v) is 11.6. The zero-order valence-electron chi connectivity index (χ0n) is 10.8. The molecule has 2 bridgehead atoms. The lowest BCUT2D eigenvalue weighted by molar-refractivity contribution is -0.144. The van der Waals surface area contributed by atoms with Gasteiger partial charge in [-0.15, -0.1) is 0 Å². The van der Waals surface area contributed by atoms with Gasteiger partial charge in [-0.25, -0.2) is 13.1 Å². The normalized spacial score (nSPS) is 32.4. The lowest BCUT2D eigenvalue weighted by Crippen LogP contribution is -2.46. The zero-order chi connectivity index (χ0) is 14.3. The fraction of sp³-hybridized carbons (Fsp3) is 0.538. The first-order valence-electron chi connectivity index (χ1n) is 6.64. The van der Waals surface area contributed by atoms with Crippen molar-refractivity contribution in [1.29, 1.82) is 0 Å². The highest BCUT2D eigenvalue weighted by Crippen LogP contribution is 2.48. The number of nitrogens with zero attached hydrogens (tertiary/aromatic N) is 1. The van der Waals surface area contributed by atoms with E-state index in [4.69, 9.17) is 0 Å². The maximum atomic E-state index is 12.3. The van der Waals surface area contributed by atoms with Crippen LogP contribution in [0.5, 0.6) is 0 Å². The number of carboxylic acid groups (broad SMARTS) is 1.